The van der Waals surface area contributed by atoms with Crippen molar-refractivity contribution in [3.8, 4) is 5.75 Å². The average molecular weight is 410 g/mol. The number of hydrogen-bond donors (Lipinski definition) is 0. The quantitative estimate of drug-likeness (QED) is 0.461. The van der Waals surface area contributed by atoms with Crippen LogP contribution in [0.4, 0.5) is 0 Å². The topological polar surface area (TPSA) is 29.5 Å². The molecule has 1 amide bonds. The number of benzene rings is 2. The molecule has 0 bridgehead atoms. The summed E-state index contributed by atoms with van der Waals surface area (Å²) >= 11 is 6.94. The van der Waals surface area contributed by atoms with Crippen molar-refractivity contribution in [1.29, 1.82) is 0 Å². The summed E-state index contributed by atoms with van der Waals surface area (Å²) in [5, 5.41) is 0. The molecule has 1 aliphatic heterocycles. The van der Waals surface area contributed by atoms with Gasteiger partial charge in [0.15, 0.2) is 0 Å². The molecule has 5 heteroatoms. The lowest BCUT2D eigenvalue weighted by molar-refractivity contribution is -0.124. The number of carbonyl (C=O) groups excluding carboxylic acids is 1. The average Bonchev–Trinajstić information content (AvgIpc) is 3.02. The maximum absolute atomic E-state index is 13.0. The first-order valence-electron chi connectivity index (χ1n) is 9.75. The van der Waals surface area contributed by atoms with E-state index in [1.807, 2.05) is 65.6 Å². The van der Waals surface area contributed by atoms with Crippen molar-refractivity contribution in [2.75, 3.05) is 0 Å². The highest BCUT2D eigenvalue weighted by Gasteiger charge is 2.37. The van der Waals surface area contributed by atoms with Crippen LogP contribution in [0.15, 0.2) is 59.5 Å². The SMILES string of the molecule is O=C1/C(=C/c2ccccc2OCc2ccccc2)SC(=S)N1C1CCCCC1. The zero-order valence-corrected chi connectivity index (χ0v) is 17.3. The lowest BCUT2D eigenvalue weighted by Crippen LogP contribution is -2.39. The van der Waals surface area contributed by atoms with Gasteiger partial charge in [-0.2, -0.15) is 0 Å². The van der Waals surface area contributed by atoms with Crippen LogP contribution in [-0.4, -0.2) is 21.2 Å². The third kappa shape index (κ3) is 4.31. The second-order valence-corrected chi connectivity index (χ2v) is 8.83. The molecule has 4 rings (SSSR count). The van der Waals surface area contributed by atoms with Crippen LogP contribution in [0.2, 0.25) is 0 Å². The highest BCUT2D eigenvalue weighted by molar-refractivity contribution is 8.26. The lowest BCUT2D eigenvalue weighted by atomic mass is 9.94. The molecule has 2 aromatic rings. The Hall–Kier alpha value is -2.11. The van der Waals surface area contributed by atoms with Crippen LogP contribution in [0, 0.1) is 0 Å². The van der Waals surface area contributed by atoms with Gasteiger partial charge in [0.05, 0.1) is 4.91 Å². The molecule has 0 aromatic heterocycles. The van der Waals surface area contributed by atoms with E-state index in [0.717, 1.165) is 29.7 Å². The Labute approximate surface area is 175 Å². The van der Waals surface area contributed by atoms with Crippen LogP contribution >= 0.6 is 24.0 Å². The fourth-order valence-corrected chi connectivity index (χ4v) is 5.13. The summed E-state index contributed by atoms with van der Waals surface area (Å²) in [6, 6.07) is 18.2. The van der Waals surface area contributed by atoms with Crippen molar-refractivity contribution in [1.82, 2.24) is 4.90 Å². The van der Waals surface area contributed by atoms with Crippen LogP contribution in [0.25, 0.3) is 6.08 Å². The molecule has 0 radical (unpaired) electrons. The van der Waals surface area contributed by atoms with E-state index in [2.05, 4.69) is 0 Å². The normalized spacial score (nSPS) is 19.4. The first-order valence-corrected chi connectivity index (χ1v) is 11.0. The van der Waals surface area contributed by atoms with Gasteiger partial charge in [-0.3, -0.25) is 9.69 Å². The smallest absolute Gasteiger partial charge is 0.266 e. The minimum absolute atomic E-state index is 0.0414. The molecule has 3 nitrogen and oxygen atoms in total. The van der Waals surface area contributed by atoms with E-state index >= 15 is 0 Å². The molecule has 0 N–H and O–H groups in total. The monoisotopic (exact) mass is 409 g/mol. The summed E-state index contributed by atoms with van der Waals surface area (Å²) < 4.78 is 6.71. The van der Waals surface area contributed by atoms with E-state index in [1.165, 1.54) is 31.0 Å². The number of hydrogen-bond acceptors (Lipinski definition) is 4. The van der Waals surface area contributed by atoms with Gasteiger partial charge in [0.1, 0.15) is 16.7 Å². The molecule has 2 fully saturated rings. The predicted octanol–water partition coefficient (Wildman–Crippen LogP) is 5.80. The van der Waals surface area contributed by atoms with Gasteiger partial charge in [0, 0.05) is 11.6 Å². The van der Waals surface area contributed by atoms with E-state index in [0.29, 0.717) is 15.8 Å². The second-order valence-electron chi connectivity index (χ2n) is 7.16. The zero-order valence-electron chi connectivity index (χ0n) is 15.7. The molecule has 2 aromatic carbocycles. The Morgan fingerprint density at radius 3 is 2.54 bits per heavy atom. The van der Waals surface area contributed by atoms with Gasteiger partial charge in [-0.05, 0) is 30.5 Å². The fourth-order valence-electron chi connectivity index (χ4n) is 3.74. The number of carbonyl (C=O) groups is 1. The van der Waals surface area contributed by atoms with Crippen LogP contribution in [-0.2, 0) is 11.4 Å². The molecule has 1 saturated carbocycles. The minimum Gasteiger partial charge on any atom is -0.488 e. The van der Waals surface area contributed by atoms with Gasteiger partial charge in [-0.1, -0.05) is 91.8 Å². The predicted molar refractivity (Wildman–Crippen MR) is 119 cm³/mol. The number of rotatable bonds is 5. The number of amides is 1. The van der Waals surface area contributed by atoms with Crippen LogP contribution in [0.3, 0.4) is 0 Å². The Balaban J connectivity index is 1.52. The Kier molecular flexibility index (Phi) is 6.13. The lowest BCUT2D eigenvalue weighted by Gasteiger charge is -2.29. The number of ether oxygens (including phenoxy) is 1. The van der Waals surface area contributed by atoms with Crippen molar-refractivity contribution >= 4 is 40.3 Å². The minimum atomic E-state index is 0.0414. The summed E-state index contributed by atoms with van der Waals surface area (Å²) in [4.78, 5) is 15.6. The van der Waals surface area contributed by atoms with Gasteiger partial charge in [0.25, 0.3) is 5.91 Å². The Bertz CT molecular complexity index is 888. The highest BCUT2D eigenvalue weighted by Crippen LogP contribution is 2.38. The maximum atomic E-state index is 13.0. The fraction of sp³-hybridized carbons (Fsp3) is 0.304. The Morgan fingerprint density at radius 2 is 1.75 bits per heavy atom. The first-order chi connectivity index (χ1) is 13.7. The van der Waals surface area contributed by atoms with Crippen molar-refractivity contribution in [2.24, 2.45) is 0 Å². The van der Waals surface area contributed by atoms with Crippen molar-refractivity contribution in [3.63, 3.8) is 0 Å². The molecule has 0 unspecified atom stereocenters. The van der Waals surface area contributed by atoms with Crippen LogP contribution in [0.1, 0.15) is 43.2 Å². The van der Waals surface area contributed by atoms with Gasteiger partial charge in [0.2, 0.25) is 0 Å². The van der Waals surface area contributed by atoms with Gasteiger partial charge < -0.3 is 4.74 Å². The summed E-state index contributed by atoms with van der Waals surface area (Å²) in [5.41, 5.74) is 2.02. The van der Waals surface area contributed by atoms with Crippen molar-refractivity contribution < 1.29 is 9.53 Å². The summed E-state index contributed by atoms with van der Waals surface area (Å²) in [7, 11) is 0. The standard InChI is InChI=1S/C23H23NO2S2/c25-22-21(28-23(27)24(22)19-12-5-2-6-13-19)15-18-11-7-8-14-20(18)26-16-17-9-3-1-4-10-17/h1,3-4,7-11,14-15,19H,2,5-6,12-13,16H2/b21-15-. The molecular weight excluding hydrogens is 386 g/mol. The van der Waals surface area contributed by atoms with Gasteiger partial charge >= 0.3 is 0 Å². The number of thioether (sulfide) groups is 1. The molecule has 144 valence electrons. The van der Waals surface area contributed by atoms with E-state index in [-0.39, 0.29) is 11.9 Å². The number of para-hydroxylation sites is 1. The zero-order chi connectivity index (χ0) is 19.3. The molecular formula is C23H23NO2S2. The Morgan fingerprint density at radius 1 is 1.04 bits per heavy atom. The summed E-state index contributed by atoms with van der Waals surface area (Å²) in [5.74, 6) is 0.814. The molecule has 1 aliphatic carbocycles. The van der Waals surface area contributed by atoms with E-state index in [9.17, 15) is 4.79 Å². The number of thiocarbonyl (C=S) groups is 1. The number of nitrogens with zero attached hydrogens (tertiary/aromatic N) is 1. The largest absolute Gasteiger partial charge is 0.488 e. The molecule has 28 heavy (non-hydrogen) atoms. The second kappa shape index (κ2) is 8.93. The first kappa shape index (κ1) is 19.2. The summed E-state index contributed by atoms with van der Waals surface area (Å²) in [6.07, 6.45) is 7.64. The van der Waals surface area contributed by atoms with E-state index in [1.54, 1.807) is 0 Å². The van der Waals surface area contributed by atoms with E-state index in [4.69, 9.17) is 17.0 Å². The molecule has 0 atom stereocenters. The third-order valence-electron chi connectivity index (χ3n) is 5.21. The molecule has 0 spiro atoms. The van der Waals surface area contributed by atoms with Crippen LogP contribution < -0.4 is 4.74 Å². The molecule has 2 aliphatic rings. The van der Waals surface area contributed by atoms with Crippen LogP contribution in [0.5, 0.6) is 5.75 Å². The van der Waals surface area contributed by atoms with Gasteiger partial charge in [-0.15, -0.1) is 0 Å². The van der Waals surface area contributed by atoms with Crippen molar-refractivity contribution in [2.45, 2.75) is 44.8 Å². The molecule has 1 heterocycles. The molecule has 1 saturated heterocycles. The van der Waals surface area contributed by atoms with Crippen molar-refractivity contribution in [3.05, 3.63) is 70.6 Å². The summed E-state index contributed by atoms with van der Waals surface area (Å²) in [6.45, 7) is 0.495. The van der Waals surface area contributed by atoms with E-state index < -0.39 is 0 Å². The van der Waals surface area contributed by atoms with Gasteiger partial charge in [-0.25, -0.2) is 0 Å². The highest BCUT2D eigenvalue weighted by atomic mass is 32.2. The maximum Gasteiger partial charge on any atom is 0.266 e. The third-order valence-corrected chi connectivity index (χ3v) is 6.54.